The molecule has 0 radical (unpaired) electrons. The molecule has 0 saturated carbocycles. The lowest BCUT2D eigenvalue weighted by atomic mass is 9.99. The Hall–Kier alpha value is -1.37. The number of benzene rings is 1. The summed E-state index contributed by atoms with van der Waals surface area (Å²) in [5.74, 6) is 0. The lowest BCUT2D eigenvalue weighted by molar-refractivity contribution is 0.253. The average molecular weight is 229 g/mol. The van der Waals surface area contributed by atoms with Gasteiger partial charge in [0, 0.05) is 19.1 Å². The van der Waals surface area contributed by atoms with Gasteiger partial charge in [-0.1, -0.05) is 30.3 Å². The third-order valence-corrected chi connectivity index (χ3v) is 3.66. The summed E-state index contributed by atoms with van der Waals surface area (Å²) in [5.41, 5.74) is 0.943. The number of nitriles is 1. The van der Waals surface area contributed by atoms with Crippen molar-refractivity contribution in [3.8, 4) is 6.07 Å². The van der Waals surface area contributed by atoms with Crippen molar-refractivity contribution in [2.24, 2.45) is 0 Å². The van der Waals surface area contributed by atoms with Gasteiger partial charge in [0.1, 0.15) is 5.54 Å². The number of nitrogens with one attached hydrogen (secondary N) is 1. The summed E-state index contributed by atoms with van der Waals surface area (Å²) in [7, 11) is 1.88. The van der Waals surface area contributed by atoms with E-state index in [1.807, 2.05) is 13.1 Å². The predicted octanol–water partition coefficient (Wildman–Crippen LogP) is 1.76. The van der Waals surface area contributed by atoms with E-state index in [-0.39, 0.29) is 5.54 Å². The van der Waals surface area contributed by atoms with E-state index in [1.165, 1.54) is 5.56 Å². The molecule has 0 bridgehead atoms. The molecule has 3 heteroatoms. The highest BCUT2D eigenvalue weighted by Crippen LogP contribution is 2.27. The molecule has 1 N–H and O–H groups in total. The molecule has 1 saturated heterocycles. The van der Waals surface area contributed by atoms with Crippen LogP contribution in [0, 0.1) is 11.3 Å². The summed E-state index contributed by atoms with van der Waals surface area (Å²) < 4.78 is 0. The molecule has 1 aromatic carbocycles. The zero-order valence-electron chi connectivity index (χ0n) is 10.5. The fourth-order valence-corrected chi connectivity index (χ4v) is 2.55. The van der Waals surface area contributed by atoms with Crippen molar-refractivity contribution >= 4 is 0 Å². The molecule has 1 heterocycles. The number of likely N-dealkylation sites (N-methyl/N-ethyl adjacent to an activating group) is 1. The molecule has 1 unspecified atom stereocenters. The van der Waals surface area contributed by atoms with Crippen LogP contribution >= 0.6 is 0 Å². The highest BCUT2D eigenvalue weighted by molar-refractivity contribution is 5.18. The standard InChI is InChI=1S/C14H19N3/c1-12-8-14(10-15,16-2)11-17(12)9-13-6-4-3-5-7-13/h3-7,12,16H,8-9,11H2,1-2H3/t12-,14?/m1/s1. The van der Waals surface area contributed by atoms with Crippen molar-refractivity contribution in [2.45, 2.75) is 31.5 Å². The minimum atomic E-state index is -0.367. The Morgan fingerprint density at radius 1 is 1.47 bits per heavy atom. The maximum atomic E-state index is 9.28. The fourth-order valence-electron chi connectivity index (χ4n) is 2.55. The number of hydrogen-bond acceptors (Lipinski definition) is 3. The van der Waals surface area contributed by atoms with Gasteiger partial charge in [0.05, 0.1) is 6.07 Å². The summed E-state index contributed by atoms with van der Waals surface area (Å²) in [5, 5.41) is 12.4. The number of nitrogens with zero attached hydrogens (tertiary/aromatic N) is 2. The van der Waals surface area contributed by atoms with Crippen molar-refractivity contribution in [3.05, 3.63) is 35.9 Å². The number of hydrogen-bond donors (Lipinski definition) is 1. The quantitative estimate of drug-likeness (QED) is 0.858. The number of rotatable bonds is 3. The van der Waals surface area contributed by atoms with Crippen LogP contribution in [-0.2, 0) is 6.54 Å². The van der Waals surface area contributed by atoms with Gasteiger partial charge in [0.15, 0.2) is 0 Å². The highest BCUT2D eigenvalue weighted by atomic mass is 15.2. The second-order valence-corrected chi connectivity index (χ2v) is 4.89. The van der Waals surface area contributed by atoms with Crippen LogP contribution in [0.3, 0.4) is 0 Å². The maximum absolute atomic E-state index is 9.28. The van der Waals surface area contributed by atoms with Gasteiger partial charge in [-0.15, -0.1) is 0 Å². The Morgan fingerprint density at radius 3 is 2.71 bits per heavy atom. The van der Waals surface area contributed by atoms with Crippen LogP contribution in [0.1, 0.15) is 18.9 Å². The van der Waals surface area contributed by atoms with E-state index in [4.69, 9.17) is 0 Å². The molecular formula is C14H19N3. The molecular weight excluding hydrogens is 210 g/mol. The van der Waals surface area contributed by atoms with Crippen LogP contribution < -0.4 is 5.32 Å². The molecule has 90 valence electrons. The molecule has 3 nitrogen and oxygen atoms in total. The van der Waals surface area contributed by atoms with E-state index in [9.17, 15) is 5.26 Å². The average Bonchev–Trinajstić information content (AvgIpc) is 2.68. The molecule has 1 fully saturated rings. The molecule has 0 aliphatic carbocycles. The van der Waals surface area contributed by atoms with Crippen LogP contribution in [0.5, 0.6) is 0 Å². The van der Waals surface area contributed by atoms with Gasteiger partial charge in [-0.25, -0.2) is 0 Å². The van der Waals surface area contributed by atoms with E-state index in [0.717, 1.165) is 19.5 Å². The van der Waals surface area contributed by atoms with Crippen molar-refractivity contribution in [1.82, 2.24) is 10.2 Å². The minimum absolute atomic E-state index is 0.367. The normalized spacial score (nSPS) is 29.1. The van der Waals surface area contributed by atoms with Crippen LogP contribution in [-0.4, -0.2) is 30.1 Å². The fraction of sp³-hybridized carbons (Fsp3) is 0.500. The zero-order valence-corrected chi connectivity index (χ0v) is 10.5. The van der Waals surface area contributed by atoms with Crippen molar-refractivity contribution in [3.63, 3.8) is 0 Å². The van der Waals surface area contributed by atoms with Crippen molar-refractivity contribution in [1.29, 1.82) is 5.26 Å². The summed E-state index contributed by atoms with van der Waals surface area (Å²) in [6.07, 6.45) is 0.896. The first-order valence-corrected chi connectivity index (χ1v) is 6.07. The van der Waals surface area contributed by atoms with E-state index in [0.29, 0.717) is 6.04 Å². The van der Waals surface area contributed by atoms with Gasteiger partial charge in [-0.2, -0.15) is 5.26 Å². The molecule has 0 aromatic heterocycles. The maximum Gasteiger partial charge on any atom is 0.120 e. The molecule has 0 spiro atoms. The summed E-state index contributed by atoms with van der Waals surface area (Å²) in [6.45, 7) is 3.92. The summed E-state index contributed by atoms with van der Waals surface area (Å²) in [6, 6.07) is 13.3. The van der Waals surface area contributed by atoms with Crippen LogP contribution in [0.15, 0.2) is 30.3 Å². The highest BCUT2D eigenvalue weighted by Gasteiger charge is 2.41. The van der Waals surface area contributed by atoms with E-state index < -0.39 is 0 Å². The van der Waals surface area contributed by atoms with Crippen LogP contribution in [0.25, 0.3) is 0 Å². The molecule has 0 amide bonds. The third kappa shape index (κ3) is 2.49. The van der Waals surface area contributed by atoms with Crippen molar-refractivity contribution in [2.75, 3.05) is 13.6 Å². The van der Waals surface area contributed by atoms with Gasteiger partial charge < -0.3 is 5.32 Å². The zero-order chi connectivity index (χ0) is 12.3. The summed E-state index contributed by atoms with van der Waals surface area (Å²) in [4.78, 5) is 2.37. The number of likely N-dealkylation sites (tertiary alicyclic amines) is 1. The SMILES string of the molecule is CNC1(C#N)C[C@@H](C)N(Cc2ccccc2)C1. The lowest BCUT2D eigenvalue weighted by Crippen LogP contribution is -2.43. The monoisotopic (exact) mass is 229 g/mol. The third-order valence-electron chi connectivity index (χ3n) is 3.66. The van der Waals surface area contributed by atoms with E-state index in [1.54, 1.807) is 0 Å². The Bertz CT molecular complexity index is 409. The van der Waals surface area contributed by atoms with E-state index in [2.05, 4.69) is 47.5 Å². The lowest BCUT2D eigenvalue weighted by Gasteiger charge is -2.22. The van der Waals surface area contributed by atoms with Gasteiger partial charge in [-0.3, -0.25) is 4.90 Å². The predicted molar refractivity (Wildman–Crippen MR) is 68.3 cm³/mol. The second-order valence-electron chi connectivity index (χ2n) is 4.89. The van der Waals surface area contributed by atoms with Gasteiger partial charge in [0.25, 0.3) is 0 Å². The second kappa shape index (κ2) is 4.87. The molecule has 1 aliphatic heterocycles. The molecule has 1 aromatic rings. The summed E-state index contributed by atoms with van der Waals surface area (Å²) >= 11 is 0. The first-order valence-electron chi connectivity index (χ1n) is 6.07. The molecule has 2 atom stereocenters. The smallest absolute Gasteiger partial charge is 0.120 e. The topological polar surface area (TPSA) is 39.1 Å². The molecule has 1 aliphatic rings. The first-order chi connectivity index (χ1) is 8.19. The first kappa shape index (κ1) is 12.1. The van der Waals surface area contributed by atoms with Gasteiger partial charge in [0.2, 0.25) is 0 Å². The van der Waals surface area contributed by atoms with Crippen molar-refractivity contribution < 1.29 is 0 Å². The van der Waals surface area contributed by atoms with Crippen LogP contribution in [0.4, 0.5) is 0 Å². The van der Waals surface area contributed by atoms with Gasteiger partial charge in [-0.05, 0) is 26.0 Å². The Kier molecular flexibility index (Phi) is 3.46. The Labute approximate surface area is 103 Å². The van der Waals surface area contributed by atoms with Crippen LogP contribution in [0.2, 0.25) is 0 Å². The van der Waals surface area contributed by atoms with Gasteiger partial charge >= 0.3 is 0 Å². The largest absolute Gasteiger partial charge is 0.301 e. The Morgan fingerprint density at radius 2 is 2.18 bits per heavy atom. The molecule has 17 heavy (non-hydrogen) atoms. The Balaban J connectivity index is 2.07. The molecule has 2 rings (SSSR count). The minimum Gasteiger partial charge on any atom is -0.301 e. The van der Waals surface area contributed by atoms with E-state index >= 15 is 0 Å².